The zero-order valence-electron chi connectivity index (χ0n) is 17.7. The molecule has 3 heterocycles. The number of fused-ring (bicyclic) bond motifs is 3. The SMILES string of the molecule is C=P1(C)OCC2(C)OC(C)C(OP(=C)(C)OCC3OC(C)C(C)C3O1)C2C. The molecule has 3 rings (SSSR count). The van der Waals surface area contributed by atoms with Crippen LogP contribution in [0, 0.1) is 11.8 Å². The maximum atomic E-state index is 6.41. The fourth-order valence-corrected chi connectivity index (χ4v) is 6.97. The molecule has 0 aromatic carbocycles. The second-order valence-corrected chi connectivity index (χ2v) is 13.9. The number of hydrogen-bond acceptors (Lipinski definition) is 6. The molecule has 3 fully saturated rings. The highest BCUT2D eigenvalue weighted by molar-refractivity contribution is 7.64. The van der Waals surface area contributed by atoms with E-state index in [4.69, 9.17) is 27.6 Å². The van der Waals surface area contributed by atoms with E-state index in [1.165, 1.54) is 0 Å². The van der Waals surface area contributed by atoms with Crippen LogP contribution in [-0.4, -0.2) is 75.3 Å². The lowest BCUT2D eigenvalue weighted by molar-refractivity contribution is -0.0683. The largest absolute Gasteiger partial charge is 0.370 e. The van der Waals surface area contributed by atoms with Crippen molar-refractivity contribution in [1.82, 2.24) is 0 Å². The van der Waals surface area contributed by atoms with E-state index in [2.05, 4.69) is 40.3 Å². The van der Waals surface area contributed by atoms with E-state index in [1.807, 2.05) is 20.3 Å². The molecule has 0 N–H and O–H groups in total. The predicted molar refractivity (Wildman–Crippen MR) is 113 cm³/mol. The second-order valence-electron chi connectivity index (χ2n) is 8.90. The lowest BCUT2D eigenvalue weighted by Gasteiger charge is -2.33. The van der Waals surface area contributed by atoms with Crippen molar-refractivity contribution >= 4 is 27.3 Å². The standard InChI is InChI=1S/C19H36O6P2/c1-12-14(3)22-16-10-20-26(6,7)25-18-13(2)19(5,23-15(18)4)11-21-27(8,9)24-17(12)16/h12-18H,6,8,10-11H2,1-5,7,9H3. The highest BCUT2D eigenvalue weighted by Gasteiger charge is 2.51. The maximum absolute atomic E-state index is 6.41. The summed E-state index contributed by atoms with van der Waals surface area (Å²) in [6, 6.07) is 0. The Morgan fingerprint density at radius 3 is 2.15 bits per heavy atom. The molecule has 3 aliphatic rings. The van der Waals surface area contributed by atoms with Crippen molar-refractivity contribution in [2.75, 3.05) is 26.5 Å². The first kappa shape index (κ1) is 22.1. The van der Waals surface area contributed by atoms with Crippen LogP contribution in [-0.2, 0) is 27.6 Å². The molecule has 0 aromatic heterocycles. The number of rotatable bonds is 0. The predicted octanol–water partition coefficient (Wildman–Crippen LogP) is 3.86. The number of hydrogen-bond donors (Lipinski definition) is 0. The quantitative estimate of drug-likeness (QED) is 0.553. The topological polar surface area (TPSA) is 55.4 Å². The maximum Gasteiger partial charge on any atom is 0.115 e. The Hall–Kier alpha value is 0.360. The van der Waals surface area contributed by atoms with Crippen molar-refractivity contribution < 1.29 is 27.6 Å². The fraction of sp³-hybridized carbons (Fsp3) is 0.895. The third kappa shape index (κ3) is 4.59. The summed E-state index contributed by atoms with van der Waals surface area (Å²) in [5, 5.41) is 0. The summed E-state index contributed by atoms with van der Waals surface area (Å²) in [7, 11) is -4.59. The van der Waals surface area contributed by atoms with Crippen molar-refractivity contribution in [2.24, 2.45) is 11.8 Å². The van der Waals surface area contributed by atoms with Gasteiger partial charge in [-0.25, -0.2) is 0 Å². The van der Waals surface area contributed by atoms with E-state index >= 15 is 0 Å². The van der Waals surface area contributed by atoms with E-state index < -0.39 is 20.3 Å². The van der Waals surface area contributed by atoms with Gasteiger partial charge in [-0.15, -0.1) is 0 Å². The van der Waals surface area contributed by atoms with Crippen molar-refractivity contribution in [2.45, 2.75) is 70.7 Å². The molecular formula is C19H36O6P2. The van der Waals surface area contributed by atoms with Gasteiger partial charge in [-0.2, -0.15) is 0 Å². The van der Waals surface area contributed by atoms with Gasteiger partial charge in [0.2, 0.25) is 0 Å². The molecule has 3 saturated heterocycles. The van der Waals surface area contributed by atoms with Gasteiger partial charge in [-0.1, -0.05) is 26.4 Å². The van der Waals surface area contributed by atoms with Crippen molar-refractivity contribution in [1.29, 1.82) is 0 Å². The van der Waals surface area contributed by atoms with Gasteiger partial charge in [0.15, 0.2) is 0 Å². The zero-order valence-corrected chi connectivity index (χ0v) is 19.5. The van der Waals surface area contributed by atoms with Crippen molar-refractivity contribution in [3.05, 3.63) is 0 Å². The molecule has 0 spiro atoms. The first-order valence-corrected chi connectivity index (χ1v) is 14.3. The Labute approximate surface area is 164 Å². The van der Waals surface area contributed by atoms with Gasteiger partial charge in [0, 0.05) is 25.2 Å². The molecule has 6 nitrogen and oxygen atoms in total. The highest BCUT2D eigenvalue weighted by Crippen LogP contribution is 2.54. The van der Waals surface area contributed by atoms with Crippen LogP contribution in [0.5, 0.6) is 0 Å². The van der Waals surface area contributed by atoms with E-state index in [0.29, 0.717) is 13.2 Å². The van der Waals surface area contributed by atoms with Gasteiger partial charge in [0.1, 0.15) is 20.8 Å². The Balaban J connectivity index is 1.90. The smallest absolute Gasteiger partial charge is 0.115 e. The van der Waals surface area contributed by atoms with E-state index in [1.54, 1.807) is 0 Å². The summed E-state index contributed by atoms with van der Waals surface area (Å²) in [6.45, 7) is 15.2. The van der Waals surface area contributed by atoms with Crippen LogP contribution in [0.25, 0.3) is 0 Å². The van der Waals surface area contributed by atoms with Gasteiger partial charge in [0.05, 0.1) is 43.2 Å². The fourth-order valence-electron chi connectivity index (χ4n) is 4.15. The molecule has 10 atom stereocenters. The molecular weight excluding hydrogens is 386 g/mol. The van der Waals surface area contributed by atoms with E-state index in [-0.39, 0.29) is 42.4 Å². The summed E-state index contributed by atoms with van der Waals surface area (Å²) < 4.78 is 37.6. The lowest BCUT2D eigenvalue weighted by Crippen LogP contribution is -2.38. The van der Waals surface area contributed by atoms with Crippen LogP contribution in [0.1, 0.15) is 34.6 Å². The lowest BCUT2D eigenvalue weighted by atomic mass is 9.89. The molecule has 0 aromatic rings. The van der Waals surface area contributed by atoms with Crippen LogP contribution in [0.4, 0.5) is 0 Å². The van der Waals surface area contributed by atoms with Crippen LogP contribution >= 0.6 is 14.7 Å². The third-order valence-electron chi connectivity index (χ3n) is 6.21. The first-order valence-electron chi connectivity index (χ1n) is 9.74. The Kier molecular flexibility index (Phi) is 6.17. The van der Waals surface area contributed by atoms with Gasteiger partial charge >= 0.3 is 0 Å². The summed E-state index contributed by atoms with van der Waals surface area (Å²) in [6.07, 6.45) is 8.14. The Morgan fingerprint density at radius 2 is 1.48 bits per heavy atom. The van der Waals surface area contributed by atoms with Crippen molar-refractivity contribution in [3.8, 4) is 0 Å². The zero-order chi connectivity index (χ0) is 20.2. The van der Waals surface area contributed by atoms with Gasteiger partial charge in [0.25, 0.3) is 0 Å². The van der Waals surface area contributed by atoms with E-state index in [9.17, 15) is 0 Å². The molecule has 0 amide bonds. The summed E-state index contributed by atoms with van der Waals surface area (Å²) in [5.74, 6) is 0.360. The normalized spacial score (nSPS) is 57.4. The molecule has 2 bridgehead atoms. The van der Waals surface area contributed by atoms with E-state index in [0.717, 1.165) is 0 Å². The Morgan fingerprint density at radius 1 is 0.889 bits per heavy atom. The summed E-state index contributed by atoms with van der Waals surface area (Å²) >= 11 is 0. The molecule has 3 aliphatic heterocycles. The monoisotopic (exact) mass is 422 g/mol. The number of ether oxygens (including phenoxy) is 2. The van der Waals surface area contributed by atoms with Crippen molar-refractivity contribution in [3.63, 3.8) is 0 Å². The molecule has 158 valence electrons. The van der Waals surface area contributed by atoms with Gasteiger partial charge in [-0.05, 0) is 20.8 Å². The average molecular weight is 422 g/mol. The second kappa shape index (κ2) is 7.56. The highest BCUT2D eigenvalue weighted by atomic mass is 31.2. The third-order valence-corrected chi connectivity index (χ3v) is 8.96. The van der Waals surface area contributed by atoms with Crippen LogP contribution in [0.3, 0.4) is 0 Å². The molecule has 8 heteroatoms. The molecule has 10 unspecified atom stereocenters. The van der Waals surface area contributed by atoms with Crippen LogP contribution < -0.4 is 0 Å². The summed E-state index contributed by atoms with van der Waals surface area (Å²) in [4.78, 5) is 0. The minimum Gasteiger partial charge on any atom is -0.370 e. The molecule has 0 aliphatic carbocycles. The minimum atomic E-state index is -2.30. The van der Waals surface area contributed by atoms with Gasteiger partial charge < -0.3 is 27.6 Å². The van der Waals surface area contributed by atoms with Crippen LogP contribution in [0.15, 0.2) is 0 Å². The van der Waals surface area contributed by atoms with Gasteiger partial charge in [-0.3, -0.25) is 0 Å². The minimum absolute atomic E-state index is 0.0629. The molecule has 0 saturated carbocycles. The molecule has 27 heavy (non-hydrogen) atoms. The summed E-state index contributed by atoms with van der Waals surface area (Å²) in [5.41, 5.74) is -0.467. The Bertz CT molecular complexity index is 654. The first-order chi connectivity index (χ1) is 12.3. The average Bonchev–Trinajstić information content (AvgIpc) is 2.93. The van der Waals surface area contributed by atoms with Crippen LogP contribution in [0.2, 0.25) is 0 Å². The molecule has 0 radical (unpaired) electrons.